The van der Waals surface area contributed by atoms with Crippen molar-refractivity contribution in [3.8, 4) is 0 Å². The lowest BCUT2D eigenvalue weighted by molar-refractivity contribution is 0.625. The van der Waals surface area contributed by atoms with Gasteiger partial charge in [-0.3, -0.25) is 0 Å². The monoisotopic (exact) mass is 227 g/mol. The van der Waals surface area contributed by atoms with Gasteiger partial charge in [-0.15, -0.1) is 0 Å². The first-order chi connectivity index (χ1) is 8.24. The Morgan fingerprint density at radius 1 is 1.12 bits per heavy atom. The van der Waals surface area contributed by atoms with E-state index in [9.17, 15) is 4.39 Å². The molecule has 1 nitrogen and oxygen atoms in total. The van der Waals surface area contributed by atoms with E-state index in [4.69, 9.17) is 0 Å². The fourth-order valence-electron chi connectivity index (χ4n) is 2.39. The summed E-state index contributed by atoms with van der Waals surface area (Å²) >= 11 is 0. The van der Waals surface area contributed by atoms with Crippen LogP contribution in [0.4, 0.5) is 4.39 Å². The van der Waals surface area contributed by atoms with E-state index in [0.717, 1.165) is 12.1 Å². The van der Waals surface area contributed by atoms with E-state index < -0.39 is 0 Å². The molecule has 1 heterocycles. The molecule has 17 heavy (non-hydrogen) atoms. The first-order valence-electron chi connectivity index (χ1n) is 5.82. The molecular formula is C15H14FN. The zero-order valence-corrected chi connectivity index (χ0v) is 9.70. The summed E-state index contributed by atoms with van der Waals surface area (Å²) < 4.78 is 13.1. The molecule has 0 aromatic heterocycles. The van der Waals surface area contributed by atoms with Gasteiger partial charge in [0.25, 0.3) is 0 Å². The largest absolute Gasteiger partial charge is 0.302 e. The summed E-state index contributed by atoms with van der Waals surface area (Å²) in [5.41, 5.74) is 4.75. The Hall–Kier alpha value is -1.67. The van der Waals surface area contributed by atoms with Gasteiger partial charge in [-0.2, -0.15) is 0 Å². The molecule has 2 aromatic carbocycles. The predicted octanol–water partition coefficient (Wildman–Crippen LogP) is 3.33. The minimum atomic E-state index is -0.157. The number of benzene rings is 2. The molecule has 0 spiro atoms. The minimum absolute atomic E-state index is 0.157. The maximum absolute atomic E-state index is 13.1. The summed E-state index contributed by atoms with van der Waals surface area (Å²) in [5, 5.41) is 3.42. The molecule has 0 saturated heterocycles. The van der Waals surface area contributed by atoms with E-state index >= 15 is 0 Å². The van der Waals surface area contributed by atoms with Crippen LogP contribution in [0, 0.1) is 12.7 Å². The molecule has 0 aliphatic carbocycles. The van der Waals surface area contributed by atoms with Crippen LogP contribution < -0.4 is 5.32 Å². The third-order valence-corrected chi connectivity index (χ3v) is 3.32. The zero-order chi connectivity index (χ0) is 11.8. The third kappa shape index (κ3) is 1.85. The molecule has 1 N–H and O–H groups in total. The van der Waals surface area contributed by atoms with Crippen LogP contribution in [-0.4, -0.2) is 0 Å². The van der Waals surface area contributed by atoms with E-state index in [1.165, 1.54) is 22.8 Å². The maximum Gasteiger partial charge on any atom is 0.123 e. The lowest BCUT2D eigenvalue weighted by atomic mass is 9.98. The number of hydrogen-bond donors (Lipinski definition) is 1. The van der Waals surface area contributed by atoms with Crippen LogP contribution in [0.3, 0.4) is 0 Å². The second kappa shape index (κ2) is 3.97. The van der Waals surface area contributed by atoms with Crippen LogP contribution in [0.1, 0.15) is 28.3 Å². The van der Waals surface area contributed by atoms with Crippen LogP contribution in [0.25, 0.3) is 0 Å². The van der Waals surface area contributed by atoms with E-state index in [1.807, 2.05) is 6.07 Å². The third-order valence-electron chi connectivity index (χ3n) is 3.32. The molecule has 1 aliphatic rings. The molecule has 0 bridgehead atoms. The Morgan fingerprint density at radius 3 is 2.65 bits per heavy atom. The van der Waals surface area contributed by atoms with Crippen LogP contribution in [0.15, 0.2) is 42.5 Å². The molecule has 0 amide bonds. The lowest BCUT2D eigenvalue weighted by Crippen LogP contribution is -2.13. The molecule has 1 aliphatic heterocycles. The van der Waals surface area contributed by atoms with Gasteiger partial charge >= 0.3 is 0 Å². The van der Waals surface area contributed by atoms with E-state index in [0.29, 0.717) is 0 Å². The molecule has 86 valence electrons. The van der Waals surface area contributed by atoms with Crippen LogP contribution in [-0.2, 0) is 6.54 Å². The summed E-state index contributed by atoms with van der Waals surface area (Å²) in [6.45, 7) is 2.82. The average Bonchev–Trinajstić information content (AvgIpc) is 2.73. The summed E-state index contributed by atoms with van der Waals surface area (Å²) in [5.74, 6) is -0.157. The second-order valence-corrected chi connectivity index (χ2v) is 4.57. The molecule has 2 heteroatoms. The van der Waals surface area contributed by atoms with Crippen molar-refractivity contribution in [1.82, 2.24) is 5.32 Å². The van der Waals surface area contributed by atoms with Crippen molar-refractivity contribution in [3.63, 3.8) is 0 Å². The number of fused-ring (bicyclic) bond motifs is 1. The van der Waals surface area contributed by atoms with Gasteiger partial charge in [0.2, 0.25) is 0 Å². The van der Waals surface area contributed by atoms with Crippen molar-refractivity contribution in [1.29, 1.82) is 0 Å². The highest BCUT2D eigenvalue weighted by molar-refractivity contribution is 5.41. The fourth-order valence-corrected chi connectivity index (χ4v) is 2.39. The zero-order valence-electron chi connectivity index (χ0n) is 9.70. The predicted molar refractivity (Wildman–Crippen MR) is 66.3 cm³/mol. The molecule has 0 radical (unpaired) electrons. The van der Waals surface area contributed by atoms with Crippen LogP contribution in [0.5, 0.6) is 0 Å². The van der Waals surface area contributed by atoms with E-state index in [2.05, 4.69) is 36.5 Å². The lowest BCUT2D eigenvalue weighted by Gasteiger charge is -2.12. The van der Waals surface area contributed by atoms with Crippen LogP contribution in [0.2, 0.25) is 0 Å². The van der Waals surface area contributed by atoms with Crippen molar-refractivity contribution >= 4 is 0 Å². The Morgan fingerprint density at radius 2 is 1.88 bits per heavy atom. The Kier molecular flexibility index (Phi) is 2.45. The molecular weight excluding hydrogens is 213 g/mol. The summed E-state index contributed by atoms with van der Waals surface area (Å²) in [6.07, 6.45) is 0. The molecule has 0 fully saturated rings. The smallest absolute Gasteiger partial charge is 0.123 e. The van der Waals surface area contributed by atoms with Crippen LogP contribution >= 0.6 is 0 Å². The highest BCUT2D eigenvalue weighted by atomic mass is 19.1. The average molecular weight is 227 g/mol. The normalized spacial score (nSPS) is 18.1. The first kappa shape index (κ1) is 10.5. The first-order valence-corrected chi connectivity index (χ1v) is 5.82. The van der Waals surface area contributed by atoms with Gasteiger partial charge in [0.1, 0.15) is 5.82 Å². The number of rotatable bonds is 1. The molecule has 0 saturated carbocycles. The molecule has 1 atom stereocenters. The van der Waals surface area contributed by atoms with Crippen molar-refractivity contribution in [2.75, 3.05) is 0 Å². The molecule has 1 unspecified atom stereocenters. The molecule has 2 aromatic rings. The van der Waals surface area contributed by atoms with Gasteiger partial charge in [0, 0.05) is 6.54 Å². The Bertz CT molecular complexity index is 545. The van der Waals surface area contributed by atoms with Crippen molar-refractivity contribution in [2.45, 2.75) is 19.5 Å². The minimum Gasteiger partial charge on any atom is -0.302 e. The van der Waals surface area contributed by atoms with Crippen molar-refractivity contribution in [3.05, 3.63) is 70.5 Å². The SMILES string of the molecule is Cc1ccc(C2NCc3cc(F)ccc32)cc1. The van der Waals surface area contributed by atoms with Gasteiger partial charge < -0.3 is 5.32 Å². The van der Waals surface area contributed by atoms with Gasteiger partial charge in [-0.1, -0.05) is 35.9 Å². The van der Waals surface area contributed by atoms with Gasteiger partial charge in [-0.25, -0.2) is 4.39 Å². The molecule has 3 rings (SSSR count). The van der Waals surface area contributed by atoms with Crippen molar-refractivity contribution in [2.24, 2.45) is 0 Å². The Balaban J connectivity index is 2.01. The van der Waals surface area contributed by atoms with E-state index in [1.54, 1.807) is 6.07 Å². The number of halogens is 1. The summed E-state index contributed by atoms with van der Waals surface area (Å²) in [6, 6.07) is 13.7. The van der Waals surface area contributed by atoms with Gasteiger partial charge in [-0.05, 0) is 35.7 Å². The van der Waals surface area contributed by atoms with Gasteiger partial charge in [0.05, 0.1) is 6.04 Å². The summed E-state index contributed by atoms with van der Waals surface area (Å²) in [7, 11) is 0. The summed E-state index contributed by atoms with van der Waals surface area (Å²) in [4.78, 5) is 0. The maximum atomic E-state index is 13.1. The number of hydrogen-bond acceptors (Lipinski definition) is 1. The highest BCUT2D eigenvalue weighted by Gasteiger charge is 2.23. The Labute approximate surface area is 100 Å². The topological polar surface area (TPSA) is 12.0 Å². The second-order valence-electron chi connectivity index (χ2n) is 4.57. The number of aryl methyl sites for hydroxylation is 1. The number of nitrogens with one attached hydrogen (secondary N) is 1. The van der Waals surface area contributed by atoms with Gasteiger partial charge in [0.15, 0.2) is 0 Å². The van der Waals surface area contributed by atoms with Crippen molar-refractivity contribution < 1.29 is 4.39 Å². The van der Waals surface area contributed by atoms with E-state index in [-0.39, 0.29) is 11.9 Å². The highest BCUT2D eigenvalue weighted by Crippen LogP contribution is 2.31. The quantitative estimate of drug-likeness (QED) is 0.788. The fraction of sp³-hybridized carbons (Fsp3) is 0.200. The standard InChI is InChI=1S/C15H14FN/c1-10-2-4-11(5-3-10)15-14-7-6-13(16)8-12(14)9-17-15/h2-8,15,17H,9H2,1H3.